The molecular formula is C23H36O3. The standard InChI is InChI=1S/C23H36O3/c1-12-5-7-19-18-8-6-16-11-17(26-15(4)24)9-13(2)21(16)20(18)10-14(3)22(19)23(12)25/h12-14,16-22H,5-11H2,1-4H3/t12?,13-,14-,16?,17?,18?,19?,20?,21?,22?/m1/s1. The van der Waals surface area contributed by atoms with E-state index in [0.29, 0.717) is 35.4 Å². The molecule has 8 unspecified atom stereocenters. The number of carbonyl (C=O) groups excluding carboxylic acids is 2. The van der Waals surface area contributed by atoms with Gasteiger partial charge in [-0.3, -0.25) is 9.59 Å². The summed E-state index contributed by atoms with van der Waals surface area (Å²) in [4.78, 5) is 24.3. The van der Waals surface area contributed by atoms with Crippen LogP contribution in [-0.4, -0.2) is 17.9 Å². The molecule has 0 heterocycles. The molecule has 0 bridgehead atoms. The van der Waals surface area contributed by atoms with E-state index in [1.807, 2.05) is 0 Å². The van der Waals surface area contributed by atoms with Gasteiger partial charge in [-0.2, -0.15) is 0 Å². The van der Waals surface area contributed by atoms with Crippen molar-refractivity contribution in [2.75, 3.05) is 0 Å². The van der Waals surface area contributed by atoms with Crippen LogP contribution in [0.4, 0.5) is 0 Å². The number of fused-ring (bicyclic) bond motifs is 5. The predicted molar refractivity (Wildman–Crippen MR) is 101 cm³/mol. The van der Waals surface area contributed by atoms with Crippen molar-refractivity contribution in [3.63, 3.8) is 0 Å². The summed E-state index contributed by atoms with van der Waals surface area (Å²) in [5, 5.41) is 0. The van der Waals surface area contributed by atoms with E-state index in [1.165, 1.54) is 32.6 Å². The Hall–Kier alpha value is -0.860. The van der Waals surface area contributed by atoms with Crippen LogP contribution in [-0.2, 0) is 14.3 Å². The number of hydrogen-bond acceptors (Lipinski definition) is 3. The summed E-state index contributed by atoms with van der Waals surface area (Å²) in [5.74, 6) is 5.94. The molecule has 26 heavy (non-hydrogen) atoms. The minimum Gasteiger partial charge on any atom is -0.463 e. The van der Waals surface area contributed by atoms with Gasteiger partial charge in [0.05, 0.1) is 0 Å². The molecule has 0 saturated heterocycles. The van der Waals surface area contributed by atoms with Gasteiger partial charge in [0.25, 0.3) is 0 Å². The van der Waals surface area contributed by atoms with Crippen molar-refractivity contribution in [2.45, 2.75) is 78.7 Å². The van der Waals surface area contributed by atoms with Crippen molar-refractivity contribution in [2.24, 2.45) is 53.3 Å². The van der Waals surface area contributed by atoms with Crippen molar-refractivity contribution < 1.29 is 14.3 Å². The molecule has 0 aromatic rings. The maximum Gasteiger partial charge on any atom is 0.302 e. The number of Topliss-reactive ketones (excluding diaryl/α,β-unsaturated/α-hetero) is 1. The zero-order valence-corrected chi connectivity index (χ0v) is 16.9. The molecule has 3 nitrogen and oxygen atoms in total. The Bertz CT molecular complexity index is 570. The lowest BCUT2D eigenvalue weighted by Crippen LogP contribution is -2.54. The molecule has 4 aliphatic rings. The average molecular weight is 361 g/mol. The van der Waals surface area contributed by atoms with Gasteiger partial charge in [-0.1, -0.05) is 20.8 Å². The Labute approximate surface area is 158 Å². The third-order valence-electron chi connectivity index (χ3n) is 8.66. The smallest absolute Gasteiger partial charge is 0.302 e. The fourth-order valence-electron chi connectivity index (χ4n) is 7.87. The van der Waals surface area contributed by atoms with Gasteiger partial charge in [0.15, 0.2) is 0 Å². The summed E-state index contributed by atoms with van der Waals surface area (Å²) in [5.41, 5.74) is 0. The molecule has 0 spiro atoms. The van der Waals surface area contributed by atoms with Crippen LogP contribution in [0.25, 0.3) is 0 Å². The van der Waals surface area contributed by atoms with E-state index in [2.05, 4.69) is 20.8 Å². The number of rotatable bonds is 1. The number of ketones is 1. The average Bonchev–Trinajstić information content (AvgIpc) is 2.56. The highest BCUT2D eigenvalue weighted by molar-refractivity contribution is 5.84. The van der Waals surface area contributed by atoms with Gasteiger partial charge < -0.3 is 4.74 Å². The van der Waals surface area contributed by atoms with Crippen molar-refractivity contribution in [3.05, 3.63) is 0 Å². The van der Waals surface area contributed by atoms with Gasteiger partial charge in [0, 0.05) is 18.8 Å². The first-order valence-electron chi connectivity index (χ1n) is 11.1. The highest BCUT2D eigenvalue weighted by atomic mass is 16.5. The fraction of sp³-hybridized carbons (Fsp3) is 0.913. The first kappa shape index (κ1) is 18.5. The van der Waals surface area contributed by atoms with Crippen LogP contribution in [0.3, 0.4) is 0 Å². The highest BCUT2D eigenvalue weighted by Gasteiger charge is 2.55. The lowest BCUT2D eigenvalue weighted by molar-refractivity contribution is -0.157. The van der Waals surface area contributed by atoms with E-state index in [4.69, 9.17) is 4.74 Å². The number of hydrogen-bond donors (Lipinski definition) is 0. The molecule has 0 N–H and O–H groups in total. The zero-order chi connectivity index (χ0) is 18.6. The van der Waals surface area contributed by atoms with E-state index in [9.17, 15) is 9.59 Å². The molecule has 0 amide bonds. The normalized spacial score (nSPS) is 51.0. The van der Waals surface area contributed by atoms with Gasteiger partial charge in [0.2, 0.25) is 0 Å². The summed E-state index contributed by atoms with van der Waals surface area (Å²) < 4.78 is 5.60. The summed E-state index contributed by atoms with van der Waals surface area (Å²) in [7, 11) is 0. The maximum atomic E-state index is 12.9. The predicted octanol–water partition coefficient (Wildman–Crippen LogP) is 4.88. The van der Waals surface area contributed by atoms with Crippen LogP contribution in [0.2, 0.25) is 0 Å². The van der Waals surface area contributed by atoms with Crippen molar-refractivity contribution in [1.29, 1.82) is 0 Å². The Kier molecular flexibility index (Phi) is 4.94. The Morgan fingerprint density at radius 3 is 2.35 bits per heavy atom. The monoisotopic (exact) mass is 360 g/mol. The minimum atomic E-state index is -0.127. The maximum absolute atomic E-state index is 12.9. The Morgan fingerprint density at radius 2 is 1.62 bits per heavy atom. The molecule has 0 aliphatic heterocycles. The molecule has 146 valence electrons. The highest BCUT2D eigenvalue weighted by Crippen LogP contribution is 2.59. The van der Waals surface area contributed by atoms with E-state index < -0.39 is 0 Å². The van der Waals surface area contributed by atoms with Crippen LogP contribution < -0.4 is 0 Å². The number of carbonyl (C=O) groups is 2. The fourth-order valence-corrected chi connectivity index (χ4v) is 7.87. The molecule has 0 radical (unpaired) electrons. The molecule has 4 rings (SSSR count). The SMILES string of the molecule is CC(=O)OC1CC2CCC3C4CCC(C)C(=O)C4[C@H](C)CC3C2[C@H](C)C1. The molecule has 4 aliphatic carbocycles. The third kappa shape index (κ3) is 3.03. The molecule has 4 saturated carbocycles. The van der Waals surface area contributed by atoms with E-state index in [0.717, 1.165) is 37.0 Å². The van der Waals surface area contributed by atoms with Crippen LogP contribution >= 0.6 is 0 Å². The summed E-state index contributed by atoms with van der Waals surface area (Å²) in [6.07, 6.45) is 8.41. The van der Waals surface area contributed by atoms with E-state index in [-0.39, 0.29) is 18.0 Å². The van der Waals surface area contributed by atoms with Gasteiger partial charge in [0.1, 0.15) is 11.9 Å². The van der Waals surface area contributed by atoms with Crippen LogP contribution in [0, 0.1) is 53.3 Å². The van der Waals surface area contributed by atoms with Gasteiger partial charge in [-0.05, 0) is 86.4 Å². The van der Waals surface area contributed by atoms with Crippen molar-refractivity contribution >= 4 is 11.8 Å². The Morgan fingerprint density at radius 1 is 0.885 bits per heavy atom. The third-order valence-corrected chi connectivity index (χ3v) is 8.66. The molecule has 10 atom stereocenters. The second-order valence-electron chi connectivity index (χ2n) is 10.2. The zero-order valence-electron chi connectivity index (χ0n) is 16.9. The number of esters is 1. The number of ether oxygens (including phenoxy) is 1. The van der Waals surface area contributed by atoms with E-state index in [1.54, 1.807) is 0 Å². The largest absolute Gasteiger partial charge is 0.463 e. The topological polar surface area (TPSA) is 43.4 Å². The minimum absolute atomic E-state index is 0.127. The first-order valence-corrected chi connectivity index (χ1v) is 11.1. The van der Waals surface area contributed by atoms with E-state index >= 15 is 0 Å². The lowest BCUT2D eigenvalue weighted by atomic mass is 9.47. The van der Waals surface area contributed by atoms with Crippen molar-refractivity contribution in [1.82, 2.24) is 0 Å². The van der Waals surface area contributed by atoms with Crippen LogP contribution in [0.15, 0.2) is 0 Å². The first-order chi connectivity index (χ1) is 12.4. The van der Waals surface area contributed by atoms with Gasteiger partial charge in [-0.15, -0.1) is 0 Å². The molecule has 0 aromatic carbocycles. The van der Waals surface area contributed by atoms with Gasteiger partial charge >= 0.3 is 5.97 Å². The summed E-state index contributed by atoms with van der Waals surface area (Å²) in [6, 6.07) is 0. The van der Waals surface area contributed by atoms with Crippen LogP contribution in [0.1, 0.15) is 72.6 Å². The van der Waals surface area contributed by atoms with Crippen LogP contribution in [0.5, 0.6) is 0 Å². The summed E-state index contributed by atoms with van der Waals surface area (Å²) in [6.45, 7) is 8.42. The molecule has 0 aromatic heterocycles. The second-order valence-corrected chi connectivity index (χ2v) is 10.2. The molecule has 3 heteroatoms. The summed E-state index contributed by atoms with van der Waals surface area (Å²) >= 11 is 0. The molecular weight excluding hydrogens is 324 g/mol. The second kappa shape index (κ2) is 6.95. The Balaban J connectivity index is 1.54. The van der Waals surface area contributed by atoms with Crippen molar-refractivity contribution in [3.8, 4) is 0 Å². The van der Waals surface area contributed by atoms with Gasteiger partial charge in [-0.25, -0.2) is 0 Å². The quantitative estimate of drug-likeness (QED) is 0.626. The lowest BCUT2D eigenvalue weighted by Gasteiger charge is -2.58. The molecule has 4 fully saturated rings.